The van der Waals surface area contributed by atoms with E-state index >= 15 is 0 Å². The van der Waals surface area contributed by atoms with Crippen LogP contribution < -0.4 is 35.6 Å². The summed E-state index contributed by atoms with van der Waals surface area (Å²) in [7, 11) is 4.65. The number of hydrogen-bond donors (Lipinski definition) is 3. The quantitative estimate of drug-likeness (QED) is 0.513. The molecular formula is C27H35N3O6. The fourth-order valence-electron chi connectivity index (χ4n) is 4.54. The summed E-state index contributed by atoms with van der Waals surface area (Å²) in [6, 6.07) is 5.86. The summed E-state index contributed by atoms with van der Waals surface area (Å²) in [5.74, 6) is 1.04. The fraction of sp³-hybridized carbons (Fsp3) is 0.444. The van der Waals surface area contributed by atoms with Gasteiger partial charge in [0.2, 0.25) is 23.0 Å². The lowest BCUT2D eigenvalue weighted by molar-refractivity contribution is -0.122. The SMILES string of the molecule is COc1cc2c(c(OC)c1OC)-c1ccc(N[C@@H](C)C(=O)NC(C)C)c(=O)cc1[C@@H](NC(C)=O)CC2. The highest BCUT2D eigenvalue weighted by Gasteiger charge is 2.29. The Bertz CT molecular complexity index is 1210. The maximum absolute atomic E-state index is 13.3. The Balaban J connectivity index is 2.25. The van der Waals surface area contributed by atoms with Crippen molar-refractivity contribution >= 4 is 17.5 Å². The van der Waals surface area contributed by atoms with Crippen molar-refractivity contribution in [2.24, 2.45) is 0 Å². The van der Waals surface area contributed by atoms with Crippen LogP contribution in [0.1, 0.15) is 51.3 Å². The molecule has 0 bridgehead atoms. The molecule has 194 valence electrons. The van der Waals surface area contributed by atoms with Gasteiger partial charge in [-0.15, -0.1) is 0 Å². The molecule has 2 amide bonds. The van der Waals surface area contributed by atoms with Crippen LogP contribution in [0.2, 0.25) is 0 Å². The zero-order valence-corrected chi connectivity index (χ0v) is 21.9. The number of fused-ring (bicyclic) bond motifs is 3. The number of nitrogens with one attached hydrogen (secondary N) is 3. The summed E-state index contributed by atoms with van der Waals surface area (Å²) in [6.45, 7) is 6.90. The van der Waals surface area contributed by atoms with E-state index in [0.717, 1.165) is 16.7 Å². The first-order valence-corrected chi connectivity index (χ1v) is 12.0. The Kier molecular flexibility index (Phi) is 8.45. The van der Waals surface area contributed by atoms with Gasteiger partial charge in [0.15, 0.2) is 11.5 Å². The van der Waals surface area contributed by atoms with Crippen molar-refractivity contribution in [3.8, 4) is 28.4 Å². The number of aryl methyl sites for hydroxylation is 1. The highest BCUT2D eigenvalue weighted by molar-refractivity contribution is 5.85. The lowest BCUT2D eigenvalue weighted by Crippen LogP contribution is -2.41. The molecule has 9 nitrogen and oxygen atoms in total. The van der Waals surface area contributed by atoms with Crippen molar-refractivity contribution in [2.75, 3.05) is 26.6 Å². The van der Waals surface area contributed by atoms with Gasteiger partial charge >= 0.3 is 0 Å². The molecule has 1 aliphatic carbocycles. The summed E-state index contributed by atoms with van der Waals surface area (Å²) in [5, 5.41) is 8.86. The second-order valence-electron chi connectivity index (χ2n) is 9.13. The highest BCUT2D eigenvalue weighted by Crippen LogP contribution is 2.50. The maximum Gasteiger partial charge on any atom is 0.242 e. The zero-order valence-electron chi connectivity index (χ0n) is 21.9. The van der Waals surface area contributed by atoms with Gasteiger partial charge in [0.1, 0.15) is 6.04 Å². The molecule has 9 heteroatoms. The van der Waals surface area contributed by atoms with Gasteiger partial charge in [-0.1, -0.05) is 6.07 Å². The minimum absolute atomic E-state index is 0.0224. The van der Waals surface area contributed by atoms with Gasteiger partial charge in [0.05, 0.1) is 33.1 Å². The Hall–Kier alpha value is -3.75. The third-order valence-corrected chi connectivity index (χ3v) is 6.11. The van der Waals surface area contributed by atoms with E-state index in [1.165, 1.54) is 20.1 Å². The number of carbonyl (C=O) groups is 2. The van der Waals surface area contributed by atoms with Crippen LogP contribution in [-0.2, 0) is 16.0 Å². The van der Waals surface area contributed by atoms with E-state index in [0.29, 0.717) is 35.7 Å². The minimum atomic E-state index is -0.625. The number of carbonyl (C=O) groups excluding carboxylic acids is 2. The normalized spacial score (nSPS) is 15.1. The van der Waals surface area contributed by atoms with Crippen LogP contribution in [0.3, 0.4) is 0 Å². The first-order valence-electron chi connectivity index (χ1n) is 12.0. The lowest BCUT2D eigenvalue weighted by atomic mass is 9.95. The van der Waals surface area contributed by atoms with Gasteiger partial charge in [-0.2, -0.15) is 0 Å². The Morgan fingerprint density at radius 2 is 1.69 bits per heavy atom. The van der Waals surface area contributed by atoms with E-state index in [-0.39, 0.29) is 29.0 Å². The third kappa shape index (κ3) is 5.56. The Morgan fingerprint density at radius 3 is 2.28 bits per heavy atom. The van der Waals surface area contributed by atoms with Crippen molar-refractivity contribution < 1.29 is 23.8 Å². The summed E-state index contributed by atoms with van der Waals surface area (Å²) < 4.78 is 16.9. The lowest BCUT2D eigenvalue weighted by Gasteiger charge is -2.19. The van der Waals surface area contributed by atoms with Crippen molar-refractivity contribution in [2.45, 2.75) is 58.7 Å². The maximum atomic E-state index is 13.3. The number of hydrogen-bond acceptors (Lipinski definition) is 7. The number of benzene rings is 1. The summed E-state index contributed by atoms with van der Waals surface area (Å²) >= 11 is 0. The zero-order chi connectivity index (χ0) is 26.6. The van der Waals surface area contributed by atoms with Crippen LogP contribution in [0.15, 0.2) is 29.1 Å². The van der Waals surface area contributed by atoms with Crippen LogP contribution in [0.5, 0.6) is 17.2 Å². The molecule has 0 fully saturated rings. The molecule has 0 aromatic heterocycles. The molecule has 0 aliphatic heterocycles. The number of rotatable bonds is 8. The molecule has 0 heterocycles. The Labute approximate surface area is 211 Å². The van der Waals surface area contributed by atoms with E-state index in [1.807, 2.05) is 26.0 Å². The molecule has 36 heavy (non-hydrogen) atoms. The Morgan fingerprint density at radius 1 is 1.00 bits per heavy atom. The van der Waals surface area contributed by atoms with Crippen LogP contribution in [0.4, 0.5) is 5.69 Å². The van der Waals surface area contributed by atoms with Crippen LogP contribution in [0, 0.1) is 0 Å². The van der Waals surface area contributed by atoms with Gasteiger partial charge in [-0.05, 0) is 68.5 Å². The molecule has 3 N–H and O–H groups in total. The molecule has 0 radical (unpaired) electrons. The average Bonchev–Trinajstić information content (AvgIpc) is 3.06. The first kappa shape index (κ1) is 26.8. The van der Waals surface area contributed by atoms with Crippen LogP contribution in [0.25, 0.3) is 11.1 Å². The smallest absolute Gasteiger partial charge is 0.242 e. The molecule has 0 saturated carbocycles. The third-order valence-electron chi connectivity index (χ3n) is 6.11. The standard InChI is InChI=1S/C27H35N3O6/c1-14(2)28-27(33)15(3)29-21-11-9-18-19(13-22(21)32)20(30-16(4)31)10-8-17-12-23(34-5)25(35-6)26(36-7)24(17)18/h9,11-15,20H,8,10H2,1-7H3,(H,28,33)(H,29,32)(H,30,31)/t15-,20-/m0/s1. The van der Waals surface area contributed by atoms with Crippen LogP contribution >= 0.6 is 0 Å². The van der Waals surface area contributed by atoms with Gasteiger partial charge in [0.25, 0.3) is 0 Å². The molecule has 0 spiro atoms. The van der Waals surface area contributed by atoms with Crippen molar-refractivity contribution in [3.63, 3.8) is 0 Å². The van der Waals surface area contributed by atoms with Crippen molar-refractivity contribution in [1.82, 2.24) is 10.6 Å². The predicted molar refractivity (Wildman–Crippen MR) is 139 cm³/mol. The minimum Gasteiger partial charge on any atom is -0.493 e. The topological polar surface area (TPSA) is 115 Å². The number of methoxy groups -OCH3 is 3. The second-order valence-corrected chi connectivity index (χ2v) is 9.13. The van der Waals surface area contributed by atoms with E-state index in [9.17, 15) is 14.4 Å². The monoisotopic (exact) mass is 497 g/mol. The van der Waals surface area contributed by atoms with E-state index < -0.39 is 12.1 Å². The average molecular weight is 498 g/mol. The first-order chi connectivity index (χ1) is 17.1. The van der Waals surface area contributed by atoms with E-state index in [1.54, 1.807) is 27.2 Å². The number of anilines is 1. The summed E-state index contributed by atoms with van der Waals surface area (Å²) in [6.07, 6.45) is 1.18. The molecule has 2 aromatic rings. The molecular weight excluding hydrogens is 462 g/mol. The molecule has 1 aliphatic rings. The molecule has 0 unspecified atom stereocenters. The predicted octanol–water partition coefficient (Wildman–Crippen LogP) is 3.19. The van der Waals surface area contributed by atoms with Crippen LogP contribution in [-0.4, -0.2) is 45.2 Å². The molecule has 2 aromatic carbocycles. The highest BCUT2D eigenvalue weighted by atomic mass is 16.5. The fourth-order valence-corrected chi connectivity index (χ4v) is 4.54. The molecule has 2 atom stereocenters. The van der Waals surface area contributed by atoms with Crippen molar-refractivity contribution in [3.05, 3.63) is 45.6 Å². The molecule has 3 rings (SSSR count). The van der Waals surface area contributed by atoms with E-state index in [2.05, 4.69) is 16.0 Å². The van der Waals surface area contributed by atoms with Crippen molar-refractivity contribution in [1.29, 1.82) is 0 Å². The largest absolute Gasteiger partial charge is 0.493 e. The summed E-state index contributed by atoms with van der Waals surface area (Å²) in [5.41, 5.74) is 3.08. The van der Waals surface area contributed by atoms with Gasteiger partial charge in [-0.25, -0.2) is 0 Å². The van der Waals surface area contributed by atoms with Gasteiger partial charge in [0, 0.05) is 18.5 Å². The number of ether oxygens (including phenoxy) is 3. The summed E-state index contributed by atoms with van der Waals surface area (Å²) in [4.78, 5) is 37.8. The number of amides is 2. The second kappa shape index (κ2) is 11.3. The van der Waals surface area contributed by atoms with E-state index in [4.69, 9.17) is 14.2 Å². The van der Waals surface area contributed by atoms with Gasteiger partial charge < -0.3 is 30.2 Å². The molecule has 0 saturated heterocycles. The van der Waals surface area contributed by atoms with Gasteiger partial charge in [-0.3, -0.25) is 14.4 Å².